The monoisotopic (exact) mass is 303 g/mol. The lowest BCUT2D eigenvalue weighted by Gasteiger charge is -2.03. The zero-order valence-electron chi connectivity index (χ0n) is 11.5. The third-order valence-electron chi connectivity index (χ3n) is 3.35. The second kappa shape index (κ2) is 4.63. The Labute approximate surface area is 121 Å². The Bertz CT molecular complexity index is 1010. The molecule has 0 unspecified atom stereocenters. The standard InChI is InChI=1S/C14H13N3O3S/c1-9(2)21(19,20)14-16-15-13-12(18)11-6-4-3-5-10(11)7-8-17(13)14/h3-9H,1-2H3. The highest BCUT2D eigenvalue weighted by Gasteiger charge is 2.26. The molecule has 3 rings (SSSR count). The predicted molar refractivity (Wildman–Crippen MR) is 79.1 cm³/mol. The van der Waals surface area contributed by atoms with Gasteiger partial charge in [-0.1, -0.05) is 24.3 Å². The van der Waals surface area contributed by atoms with E-state index in [2.05, 4.69) is 10.2 Å². The Balaban J connectivity index is 2.50. The zero-order valence-corrected chi connectivity index (χ0v) is 12.3. The molecule has 0 aliphatic rings. The number of nitrogens with zero attached hydrogens (tertiary/aromatic N) is 3. The average molecular weight is 303 g/mol. The van der Waals surface area contributed by atoms with E-state index in [9.17, 15) is 13.2 Å². The van der Waals surface area contributed by atoms with Crippen LogP contribution in [0.5, 0.6) is 0 Å². The quantitative estimate of drug-likeness (QED) is 0.715. The van der Waals surface area contributed by atoms with E-state index in [4.69, 9.17) is 0 Å². The minimum Gasteiger partial charge on any atom is -0.285 e. The van der Waals surface area contributed by atoms with Gasteiger partial charge in [0.25, 0.3) is 5.16 Å². The lowest BCUT2D eigenvalue weighted by atomic mass is 10.2. The van der Waals surface area contributed by atoms with Crippen LogP contribution in [0.1, 0.15) is 13.8 Å². The second-order valence-corrected chi connectivity index (χ2v) is 7.40. The van der Waals surface area contributed by atoms with E-state index >= 15 is 0 Å². The maximum atomic E-state index is 12.5. The Morgan fingerprint density at radius 3 is 2.52 bits per heavy atom. The summed E-state index contributed by atoms with van der Waals surface area (Å²) in [6.07, 6.45) is 1.52. The molecule has 0 spiro atoms. The van der Waals surface area contributed by atoms with Gasteiger partial charge >= 0.3 is 0 Å². The molecular weight excluding hydrogens is 290 g/mol. The number of sulfone groups is 1. The number of benzene rings is 1. The summed E-state index contributed by atoms with van der Waals surface area (Å²) >= 11 is 0. The summed E-state index contributed by atoms with van der Waals surface area (Å²) in [5.41, 5.74) is -0.330. The molecule has 2 heterocycles. The fourth-order valence-electron chi connectivity index (χ4n) is 2.10. The van der Waals surface area contributed by atoms with E-state index in [0.29, 0.717) is 5.39 Å². The Kier molecular flexibility index (Phi) is 3.02. The second-order valence-electron chi connectivity index (χ2n) is 5.00. The molecule has 0 N–H and O–H groups in total. The molecule has 0 atom stereocenters. The summed E-state index contributed by atoms with van der Waals surface area (Å²) in [5, 5.41) is 7.85. The molecule has 0 radical (unpaired) electrons. The van der Waals surface area contributed by atoms with Crippen molar-refractivity contribution < 1.29 is 8.42 Å². The Morgan fingerprint density at radius 2 is 1.81 bits per heavy atom. The molecule has 1 aromatic carbocycles. The van der Waals surface area contributed by atoms with Crippen LogP contribution in [0.2, 0.25) is 0 Å². The lowest BCUT2D eigenvalue weighted by Crippen LogP contribution is -2.17. The number of fused-ring (bicyclic) bond motifs is 2. The summed E-state index contributed by atoms with van der Waals surface area (Å²) in [6.45, 7) is 3.13. The van der Waals surface area contributed by atoms with Crippen molar-refractivity contribution in [2.75, 3.05) is 0 Å². The third kappa shape index (κ3) is 2.01. The van der Waals surface area contributed by atoms with E-state index in [-0.39, 0.29) is 16.2 Å². The van der Waals surface area contributed by atoms with Crippen molar-refractivity contribution in [2.24, 2.45) is 0 Å². The van der Waals surface area contributed by atoms with Crippen LogP contribution in [0.25, 0.3) is 16.4 Å². The highest BCUT2D eigenvalue weighted by Crippen LogP contribution is 2.15. The molecule has 2 aromatic heterocycles. The maximum absolute atomic E-state index is 12.5. The van der Waals surface area contributed by atoms with Gasteiger partial charge in [0.2, 0.25) is 20.9 Å². The van der Waals surface area contributed by atoms with Gasteiger partial charge in [-0.3, -0.25) is 9.20 Å². The molecule has 108 valence electrons. The topological polar surface area (TPSA) is 81.4 Å². The van der Waals surface area contributed by atoms with E-state index in [1.165, 1.54) is 10.6 Å². The van der Waals surface area contributed by atoms with Gasteiger partial charge in [0.1, 0.15) is 0 Å². The molecule has 0 amide bonds. The summed E-state index contributed by atoms with van der Waals surface area (Å²) in [7, 11) is -3.62. The van der Waals surface area contributed by atoms with Gasteiger partial charge in [-0.05, 0) is 25.3 Å². The summed E-state index contributed by atoms with van der Waals surface area (Å²) in [4.78, 5) is 12.5. The molecule has 0 saturated carbocycles. The zero-order chi connectivity index (χ0) is 15.2. The highest BCUT2D eigenvalue weighted by atomic mass is 32.2. The molecule has 0 bridgehead atoms. The molecule has 21 heavy (non-hydrogen) atoms. The molecular formula is C14H13N3O3S. The van der Waals surface area contributed by atoms with Crippen molar-refractivity contribution in [1.29, 1.82) is 0 Å². The van der Waals surface area contributed by atoms with Gasteiger partial charge in [0.15, 0.2) is 0 Å². The molecule has 6 nitrogen and oxygen atoms in total. The minimum atomic E-state index is -3.62. The maximum Gasteiger partial charge on any atom is 0.254 e. The summed E-state index contributed by atoms with van der Waals surface area (Å²) in [5.74, 6) is 0. The third-order valence-corrected chi connectivity index (χ3v) is 5.38. The predicted octanol–water partition coefficient (Wildman–Crippen LogP) is 1.42. The molecule has 0 saturated heterocycles. The van der Waals surface area contributed by atoms with Gasteiger partial charge < -0.3 is 0 Å². The molecule has 7 heteroatoms. The van der Waals surface area contributed by atoms with Crippen LogP contribution in [-0.2, 0) is 9.84 Å². The smallest absolute Gasteiger partial charge is 0.254 e. The van der Waals surface area contributed by atoms with Crippen LogP contribution in [0, 0.1) is 0 Å². The average Bonchev–Trinajstić information content (AvgIpc) is 2.83. The summed E-state index contributed by atoms with van der Waals surface area (Å²) in [6, 6.07) is 8.73. The van der Waals surface area contributed by atoms with Crippen molar-refractivity contribution in [3.05, 3.63) is 46.8 Å². The molecule has 0 aliphatic heterocycles. The van der Waals surface area contributed by atoms with Crippen molar-refractivity contribution in [1.82, 2.24) is 14.6 Å². The number of aromatic nitrogens is 3. The number of rotatable bonds is 2. The molecule has 0 fully saturated rings. The number of hydrogen-bond donors (Lipinski definition) is 0. The fraction of sp³-hybridized carbons (Fsp3) is 0.214. The lowest BCUT2D eigenvalue weighted by molar-refractivity contribution is 0.576. The number of hydrogen-bond acceptors (Lipinski definition) is 5. The van der Waals surface area contributed by atoms with Crippen LogP contribution in [0.15, 0.2) is 46.5 Å². The van der Waals surface area contributed by atoms with Crippen molar-refractivity contribution in [3.63, 3.8) is 0 Å². The van der Waals surface area contributed by atoms with Gasteiger partial charge in [-0.2, -0.15) is 0 Å². The largest absolute Gasteiger partial charge is 0.285 e. The van der Waals surface area contributed by atoms with E-state index in [1.807, 2.05) is 6.07 Å². The van der Waals surface area contributed by atoms with Crippen LogP contribution < -0.4 is 5.43 Å². The van der Waals surface area contributed by atoms with Gasteiger partial charge in [0, 0.05) is 11.6 Å². The SMILES string of the molecule is CC(C)S(=O)(=O)c1nnc2c(=O)c3ccccc3ccn12. The fourth-order valence-corrected chi connectivity index (χ4v) is 3.09. The first-order valence-corrected chi connectivity index (χ1v) is 7.98. The summed E-state index contributed by atoms with van der Waals surface area (Å²) < 4.78 is 25.8. The van der Waals surface area contributed by atoms with E-state index < -0.39 is 15.1 Å². The van der Waals surface area contributed by atoms with E-state index in [0.717, 1.165) is 5.39 Å². The van der Waals surface area contributed by atoms with Crippen LogP contribution in [-0.4, -0.2) is 28.3 Å². The Hall–Kier alpha value is -2.28. The highest BCUT2D eigenvalue weighted by molar-refractivity contribution is 7.91. The van der Waals surface area contributed by atoms with Gasteiger partial charge in [-0.25, -0.2) is 8.42 Å². The van der Waals surface area contributed by atoms with E-state index in [1.54, 1.807) is 38.1 Å². The van der Waals surface area contributed by atoms with Gasteiger partial charge in [0.05, 0.1) is 5.25 Å². The first kappa shape index (κ1) is 13.7. The van der Waals surface area contributed by atoms with Crippen molar-refractivity contribution in [2.45, 2.75) is 24.3 Å². The van der Waals surface area contributed by atoms with Gasteiger partial charge in [-0.15, -0.1) is 10.2 Å². The minimum absolute atomic E-state index is 0.00965. The van der Waals surface area contributed by atoms with Crippen LogP contribution in [0.3, 0.4) is 0 Å². The first-order valence-electron chi connectivity index (χ1n) is 6.43. The Morgan fingerprint density at radius 1 is 1.10 bits per heavy atom. The normalized spacial score (nSPS) is 12.3. The molecule has 3 aromatic rings. The van der Waals surface area contributed by atoms with Crippen LogP contribution >= 0.6 is 0 Å². The molecule has 0 aliphatic carbocycles. The van der Waals surface area contributed by atoms with Crippen molar-refractivity contribution in [3.8, 4) is 0 Å². The first-order chi connectivity index (χ1) is 9.93. The van der Waals surface area contributed by atoms with Crippen LogP contribution in [0.4, 0.5) is 0 Å². The van der Waals surface area contributed by atoms with Crippen molar-refractivity contribution >= 4 is 26.3 Å².